The maximum atomic E-state index is 11.3. The molecule has 0 atom stereocenters. The molecular formula is C26H30N2O3. The molecule has 0 aliphatic heterocycles. The van der Waals surface area contributed by atoms with Gasteiger partial charge < -0.3 is 15.6 Å². The van der Waals surface area contributed by atoms with Crippen LogP contribution >= 0.6 is 0 Å². The number of ether oxygens (including phenoxy) is 1. The maximum absolute atomic E-state index is 11.3. The van der Waals surface area contributed by atoms with Crippen molar-refractivity contribution in [3.63, 3.8) is 0 Å². The van der Waals surface area contributed by atoms with Gasteiger partial charge in [-0.2, -0.15) is 0 Å². The Labute approximate surface area is 183 Å². The van der Waals surface area contributed by atoms with Gasteiger partial charge in [-0.05, 0) is 61.1 Å². The van der Waals surface area contributed by atoms with Crippen molar-refractivity contribution in [2.75, 3.05) is 0 Å². The maximum Gasteiger partial charge on any atom is 0.335 e. The first-order chi connectivity index (χ1) is 14.8. The Morgan fingerprint density at radius 3 is 2.42 bits per heavy atom. The van der Waals surface area contributed by atoms with Crippen LogP contribution in [-0.4, -0.2) is 16.1 Å². The minimum atomic E-state index is -0.980. The number of hydrogen-bond donors (Lipinski definition) is 2. The van der Waals surface area contributed by atoms with Crippen molar-refractivity contribution >= 4 is 5.97 Å². The van der Waals surface area contributed by atoms with E-state index >= 15 is 0 Å². The zero-order valence-corrected chi connectivity index (χ0v) is 18.6. The minimum Gasteiger partial charge on any atom is -0.489 e. The van der Waals surface area contributed by atoms with Crippen LogP contribution in [0.15, 0.2) is 48.5 Å². The lowest BCUT2D eigenvalue weighted by Crippen LogP contribution is -2.14. The Kier molecular flexibility index (Phi) is 7.08. The first-order valence-corrected chi connectivity index (χ1v) is 10.5. The quantitative estimate of drug-likeness (QED) is 0.518. The lowest BCUT2D eigenvalue weighted by Gasteiger charge is -2.21. The molecule has 0 saturated carbocycles. The molecule has 162 valence electrons. The van der Waals surface area contributed by atoms with E-state index in [1.54, 1.807) is 18.2 Å². The van der Waals surface area contributed by atoms with Gasteiger partial charge >= 0.3 is 5.97 Å². The third-order valence-corrected chi connectivity index (χ3v) is 5.30. The van der Waals surface area contributed by atoms with E-state index in [1.165, 1.54) is 11.6 Å². The van der Waals surface area contributed by atoms with E-state index in [-0.39, 0.29) is 12.2 Å². The molecule has 0 fully saturated rings. The van der Waals surface area contributed by atoms with E-state index in [2.05, 4.69) is 45.0 Å². The number of rotatable bonds is 8. The number of carboxylic acid groups (broad SMARTS) is 1. The molecule has 5 nitrogen and oxygen atoms in total. The normalized spacial score (nSPS) is 11.0. The molecular weight excluding hydrogens is 388 g/mol. The van der Waals surface area contributed by atoms with Gasteiger partial charge in [0.2, 0.25) is 0 Å². The molecule has 0 unspecified atom stereocenters. The molecule has 2 aromatic carbocycles. The highest BCUT2D eigenvalue weighted by atomic mass is 16.5. The molecule has 0 aliphatic rings. The van der Waals surface area contributed by atoms with Gasteiger partial charge in [-0.15, -0.1) is 0 Å². The van der Waals surface area contributed by atoms with E-state index in [0.717, 1.165) is 40.1 Å². The molecule has 0 bridgehead atoms. The van der Waals surface area contributed by atoms with E-state index in [0.29, 0.717) is 18.2 Å². The number of nitrogens with zero attached hydrogens (tertiary/aromatic N) is 1. The van der Waals surface area contributed by atoms with E-state index < -0.39 is 5.97 Å². The predicted molar refractivity (Wildman–Crippen MR) is 123 cm³/mol. The summed E-state index contributed by atoms with van der Waals surface area (Å²) in [6.45, 7) is 9.08. The van der Waals surface area contributed by atoms with E-state index in [4.69, 9.17) is 15.5 Å². The Hall–Kier alpha value is -3.18. The minimum absolute atomic E-state index is 0.195. The summed E-state index contributed by atoms with van der Waals surface area (Å²) in [6, 6.07) is 14.9. The van der Waals surface area contributed by atoms with Crippen LogP contribution in [0.5, 0.6) is 5.75 Å². The van der Waals surface area contributed by atoms with Crippen LogP contribution in [0.25, 0.3) is 11.1 Å². The SMILES string of the molecule is Cc1ccc(-c2c(COc3cccc(C(=O)O)c3)c(C)nc(CC(C)C)c2CN)cc1. The van der Waals surface area contributed by atoms with Crippen LogP contribution in [0.3, 0.4) is 0 Å². The zero-order chi connectivity index (χ0) is 22.5. The molecule has 1 heterocycles. The van der Waals surface area contributed by atoms with Gasteiger partial charge in [0.1, 0.15) is 12.4 Å². The Morgan fingerprint density at radius 2 is 1.81 bits per heavy atom. The molecule has 0 spiro atoms. The molecule has 0 aliphatic carbocycles. The van der Waals surface area contributed by atoms with Crippen molar-refractivity contribution in [1.29, 1.82) is 0 Å². The summed E-state index contributed by atoms with van der Waals surface area (Å²) in [5.41, 5.74) is 13.7. The molecule has 3 aromatic rings. The second kappa shape index (κ2) is 9.75. The van der Waals surface area contributed by atoms with Crippen LogP contribution in [0.4, 0.5) is 0 Å². The van der Waals surface area contributed by atoms with Gasteiger partial charge in [0.25, 0.3) is 0 Å². The number of nitrogens with two attached hydrogens (primary N) is 1. The standard InChI is InChI=1S/C26H30N2O3/c1-16(2)12-24-22(14-27)25(19-10-8-17(3)9-11-19)23(18(4)28-24)15-31-21-7-5-6-20(13-21)26(29)30/h5-11,13,16H,12,14-15,27H2,1-4H3,(H,29,30). The first-order valence-electron chi connectivity index (χ1n) is 10.5. The summed E-state index contributed by atoms with van der Waals surface area (Å²) < 4.78 is 6.03. The van der Waals surface area contributed by atoms with Gasteiger partial charge in [0.15, 0.2) is 0 Å². The van der Waals surface area contributed by atoms with Gasteiger partial charge in [-0.3, -0.25) is 4.98 Å². The van der Waals surface area contributed by atoms with Crippen LogP contribution in [-0.2, 0) is 19.6 Å². The molecule has 3 rings (SSSR count). The topological polar surface area (TPSA) is 85.4 Å². The summed E-state index contributed by atoms with van der Waals surface area (Å²) in [7, 11) is 0. The second-order valence-corrected chi connectivity index (χ2v) is 8.27. The van der Waals surface area contributed by atoms with Crippen molar-refractivity contribution in [1.82, 2.24) is 4.98 Å². The van der Waals surface area contributed by atoms with E-state index in [1.807, 2.05) is 6.92 Å². The number of pyridine rings is 1. The summed E-state index contributed by atoms with van der Waals surface area (Å²) in [6.07, 6.45) is 0.855. The van der Waals surface area contributed by atoms with Gasteiger partial charge in [-0.25, -0.2) is 4.79 Å². The molecule has 0 saturated heterocycles. The fourth-order valence-electron chi connectivity index (χ4n) is 3.74. The van der Waals surface area contributed by atoms with Crippen molar-refractivity contribution < 1.29 is 14.6 Å². The highest BCUT2D eigenvalue weighted by molar-refractivity contribution is 5.88. The predicted octanol–water partition coefficient (Wildman–Crippen LogP) is 5.30. The molecule has 31 heavy (non-hydrogen) atoms. The number of aromatic carboxylic acids is 1. The fourth-order valence-corrected chi connectivity index (χ4v) is 3.74. The highest BCUT2D eigenvalue weighted by Crippen LogP contribution is 2.33. The smallest absolute Gasteiger partial charge is 0.335 e. The molecule has 0 amide bonds. The number of carboxylic acids is 1. The Bertz CT molecular complexity index is 1070. The number of aryl methyl sites for hydroxylation is 2. The lowest BCUT2D eigenvalue weighted by molar-refractivity contribution is 0.0696. The molecule has 5 heteroatoms. The van der Waals surface area contributed by atoms with Gasteiger partial charge in [-0.1, -0.05) is 49.7 Å². The Morgan fingerprint density at radius 1 is 1.10 bits per heavy atom. The van der Waals surface area contributed by atoms with Crippen LogP contribution in [0.1, 0.15) is 52.3 Å². The number of carbonyl (C=O) groups is 1. The second-order valence-electron chi connectivity index (χ2n) is 8.27. The van der Waals surface area contributed by atoms with Gasteiger partial charge in [0.05, 0.1) is 5.56 Å². The van der Waals surface area contributed by atoms with Crippen molar-refractivity contribution in [3.05, 3.63) is 82.2 Å². The van der Waals surface area contributed by atoms with E-state index in [9.17, 15) is 9.90 Å². The Balaban J connectivity index is 2.08. The van der Waals surface area contributed by atoms with Crippen LogP contribution < -0.4 is 10.5 Å². The molecule has 1 aromatic heterocycles. The molecule has 0 radical (unpaired) electrons. The highest BCUT2D eigenvalue weighted by Gasteiger charge is 2.20. The van der Waals surface area contributed by atoms with Crippen molar-refractivity contribution in [2.24, 2.45) is 11.7 Å². The monoisotopic (exact) mass is 418 g/mol. The van der Waals surface area contributed by atoms with Crippen LogP contribution in [0.2, 0.25) is 0 Å². The average Bonchev–Trinajstić information content (AvgIpc) is 2.73. The average molecular weight is 419 g/mol. The largest absolute Gasteiger partial charge is 0.489 e. The third-order valence-electron chi connectivity index (χ3n) is 5.30. The zero-order valence-electron chi connectivity index (χ0n) is 18.6. The number of aromatic nitrogens is 1. The molecule has 3 N–H and O–H groups in total. The van der Waals surface area contributed by atoms with Gasteiger partial charge in [0, 0.05) is 23.5 Å². The summed E-state index contributed by atoms with van der Waals surface area (Å²) in [5, 5.41) is 9.25. The fraction of sp³-hybridized carbons (Fsp3) is 0.308. The summed E-state index contributed by atoms with van der Waals surface area (Å²) in [4.78, 5) is 16.2. The first kappa shape index (κ1) is 22.5. The lowest BCUT2D eigenvalue weighted by atomic mass is 9.90. The van der Waals surface area contributed by atoms with Crippen LogP contribution in [0, 0.1) is 19.8 Å². The van der Waals surface area contributed by atoms with Crippen molar-refractivity contribution in [2.45, 2.75) is 47.3 Å². The summed E-state index contributed by atoms with van der Waals surface area (Å²) in [5.74, 6) is -0.00858. The number of benzene rings is 2. The number of hydrogen-bond acceptors (Lipinski definition) is 4. The van der Waals surface area contributed by atoms with Crippen molar-refractivity contribution in [3.8, 4) is 16.9 Å². The third kappa shape index (κ3) is 5.30. The summed E-state index contributed by atoms with van der Waals surface area (Å²) >= 11 is 0.